The number of halogens is 1. The molecule has 0 saturated carbocycles. The van der Waals surface area contributed by atoms with E-state index in [1.807, 2.05) is 12.2 Å². The van der Waals surface area contributed by atoms with Crippen LogP contribution < -0.4 is 0 Å². The van der Waals surface area contributed by atoms with Crippen molar-refractivity contribution in [3.8, 4) is 0 Å². The third kappa shape index (κ3) is 2.07. The van der Waals surface area contributed by atoms with Crippen molar-refractivity contribution < 1.29 is 0 Å². The van der Waals surface area contributed by atoms with Gasteiger partial charge in [0.2, 0.25) is 0 Å². The average molecular weight is 161 g/mol. The summed E-state index contributed by atoms with van der Waals surface area (Å²) in [6.07, 6.45) is 7.02. The molecule has 0 aromatic carbocycles. The van der Waals surface area contributed by atoms with Gasteiger partial charge in [-0.3, -0.25) is 0 Å². The van der Waals surface area contributed by atoms with Crippen LogP contribution in [-0.4, -0.2) is 11.1 Å². The van der Waals surface area contributed by atoms with Crippen LogP contribution in [0.5, 0.6) is 0 Å². The summed E-state index contributed by atoms with van der Waals surface area (Å²) in [7, 11) is 0. The first kappa shape index (κ1) is 7.23. The molecule has 0 nitrogen and oxygen atoms in total. The van der Waals surface area contributed by atoms with Crippen LogP contribution in [0.3, 0.4) is 0 Å². The highest BCUT2D eigenvalue weighted by Crippen LogP contribution is 2.17. The van der Waals surface area contributed by atoms with Crippen LogP contribution in [0.2, 0.25) is 0 Å². The molecule has 0 heterocycles. The molecule has 1 aliphatic carbocycles. The Morgan fingerprint density at radius 2 is 2.56 bits per heavy atom. The minimum absolute atomic E-state index is 0.192. The quantitative estimate of drug-likeness (QED) is 0.442. The van der Waals surface area contributed by atoms with Crippen LogP contribution >= 0.6 is 24.2 Å². The maximum atomic E-state index is 5.83. The Hall–Kier alpha value is 0.120. The van der Waals surface area contributed by atoms with E-state index in [2.05, 4.69) is 18.7 Å². The van der Waals surface area contributed by atoms with Crippen molar-refractivity contribution in [2.24, 2.45) is 0 Å². The monoisotopic (exact) mass is 160 g/mol. The van der Waals surface area contributed by atoms with Gasteiger partial charge in [0.15, 0.2) is 0 Å². The fourth-order valence-electron chi connectivity index (χ4n) is 0.816. The molecule has 0 aliphatic heterocycles. The Kier molecular flexibility index (Phi) is 2.67. The first-order chi connectivity index (χ1) is 4.33. The van der Waals surface area contributed by atoms with Crippen LogP contribution in [0.15, 0.2) is 23.8 Å². The topological polar surface area (TPSA) is 0 Å². The van der Waals surface area contributed by atoms with Crippen LogP contribution in [0.4, 0.5) is 0 Å². The van der Waals surface area contributed by atoms with Gasteiger partial charge in [-0.15, -0.1) is 11.6 Å². The highest BCUT2D eigenvalue weighted by molar-refractivity contribution is 7.80. The van der Waals surface area contributed by atoms with Gasteiger partial charge >= 0.3 is 0 Å². The summed E-state index contributed by atoms with van der Waals surface area (Å²) in [5.41, 5.74) is 1.32. The van der Waals surface area contributed by atoms with Gasteiger partial charge in [0.1, 0.15) is 0 Å². The molecule has 0 N–H and O–H groups in total. The van der Waals surface area contributed by atoms with Gasteiger partial charge in [0.25, 0.3) is 0 Å². The van der Waals surface area contributed by atoms with E-state index in [1.54, 1.807) is 0 Å². The van der Waals surface area contributed by atoms with Crippen molar-refractivity contribution in [3.05, 3.63) is 23.8 Å². The van der Waals surface area contributed by atoms with Crippen molar-refractivity contribution in [2.75, 3.05) is 5.75 Å². The maximum Gasteiger partial charge on any atom is 0.0556 e. The van der Waals surface area contributed by atoms with Crippen molar-refractivity contribution in [2.45, 2.75) is 11.8 Å². The van der Waals surface area contributed by atoms with E-state index < -0.39 is 0 Å². The molecule has 1 aliphatic rings. The van der Waals surface area contributed by atoms with E-state index >= 15 is 0 Å². The Morgan fingerprint density at radius 3 is 3.00 bits per heavy atom. The molecule has 0 amide bonds. The zero-order chi connectivity index (χ0) is 6.69. The molecule has 0 saturated heterocycles. The van der Waals surface area contributed by atoms with Gasteiger partial charge in [-0.05, 0) is 6.42 Å². The summed E-state index contributed by atoms with van der Waals surface area (Å²) in [4.78, 5) is 0. The molecule has 0 bridgehead atoms. The summed E-state index contributed by atoms with van der Waals surface area (Å²) in [5, 5.41) is 0.192. The standard InChI is InChI=1S/C7H9ClS/c8-7-3-1-2-6(4-7)5-9/h1-3,7,9H,4-5H2. The smallest absolute Gasteiger partial charge is 0.0556 e. The normalized spacial score (nSPS) is 26.0. The van der Waals surface area contributed by atoms with Crippen molar-refractivity contribution in [3.63, 3.8) is 0 Å². The molecular formula is C7H9ClS. The highest BCUT2D eigenvalue weighted by Gasteiger charge is 2.05. The number of alkyl halides is 1. The molecule has 0 aromatic heterocycles. The number of hydrogen-bond acceptors (Lipinski definition) is 1. The molecule has 9 heavy (non-hydrogen) atoms. The molecule has 1 unspecified atom stereocenters. The van der Waals surface area contributed by atoms with Gasteiger partial charge in [-0.1, -0.05) is 23.8 Å². The summed E-state index contributed by atoms with van der Waals surface area (Å²) in [5.74, 6) is 0.827. The summed E-state index contributed by atoms with van der Waals surface area (Å²) < 4.78 is 0. The first-order valence-corrected chi connectivity index (χ1v) is 4.01. The van der Waals surface area contributed by atoms with Gasteiger partial charge in [-0.2, -0.15) is 12.6 Å². The highest BCUT2D eigenvalue weighted by atomic mass is 35.5. The zero-order valence-electron chi connectivity index (χ0n) is 5.05. The second-order valence-corrected chi connectivity index (χ2v) is 2.96. The van der Waals surface area contributed by atoms with Crippen LogP contribution in [0, 0.1) is 0 Å². The second-order valence-electron chi connectivity index (χ2n) is 2.09. The molecule has 0 spiro atoms. The van der Waals surface area contributed by atoms with E-state index in [4.69, 9.17) is 11.6 Å². The minimum atomic E-state index is 0.192. The van der Waals surface area contributed by atoms with Crippen LogP contribution in [0.25, 0.3) is 0 Å². The molecule has 1 atom stereocenters. The van der Waals surface area contributed by atoms with Crippen LogP contribution in [0.1, 0.15) is 6.42 Å². The van der Waals surface area contributed by atoms with E-state index in [0.29, 0.717) is 0 Å². The van der Waals surface area contributed by atoms with E-state index in [0.717, 1.165) is 12.2 Å². The Balaban J connectivity index is 2.55. The Labute approximate surface area is 66.0 Å². The lowest BCUT2D eigenvalue weighted by molar-refractivity contribution is 0.975. The maximum absolute atomic E-state index is 5.83. The van der Waals surface area contributed by atoms with Crippen LogP contribution in [-0.2, 0) is 0 Å². The molecule has 0 radical (unpaired) electrons. The summed E-state index contributed by atoms with van der Waals surface area (Å²) >= 11 is 9.97. The average Bonchev–Trinajstić information content (AvgIpc) is 1.88. The number of hydrogen-bond donors (Lipinski definition) is 1. The third-order valence-electron chi connectivity index (χ3n) is 1.31. The van der Waals surface area contributed by atoms with Gasteiger partial charge < -0.3 is 0 Å². The lowest BCUT2D eigenvalue weighted by Crippen LogP contribution is -2.00. The Morgan fingerprint density at radius 1 is 1.78 bits per heavy atom. The number of rotatable bonds is 1. The minimum Gasteiger partial charge on any atom is -0.175 e. The molecular weight excluding hydrogens is 152 g/mol. The second kappa shape index (κ2) is 3.33. The lowest BCUT2D eigenvalue weighted by Gasteiger charge is -2.09. The Bertz CT molecular complexity index is 149. The molecule has 2 heteroatoms. The number of allylic oxidation sites excluding steroid dienone is 3. The fraction of sp³-hybridized carbons (Fsp3) is 0.429. The SMILES string of the molecule is SCC1=CC=CC(Cl)C1. The lowest BCUT2D eigenvalue weighted by atomic mass is 10.1. The van der Waals surface area contributed by atoms with Crippen molar-refractivity contribution in [1.82, 2.24) is 0 Å². The van der Waals surface area contributed by atoms with E-state index in [1.165, 1.54) is 5.57 Å². The van der Waals surface area contributed by atoms with Crippen molar-refractivity contribution in [1.29, 1.82) is 0 Å². The summed E-state index contributed by atoms with van der Waals surface area (Å²) in [6, 6.07) is 0. The number of thiol groups is 1. The largest absolute Gasteiger partial charge is 0.175 e. The predicted octanol–water partition coefficient (Wildman–Crippen LogP) is 2.41. The first-order valence-electron chi connectivity index (χ1n) is 2.94. The summed E-state index contributed by atoms with van der Waals surface area (Å²) in [6.45, 7) is 0. The van der Waals surface area contributed by atoms with Gasteiger partial charge in [-0.25, -0.2) is 0 Å². The molecule has 0 fully saturated rings. The van der Waals surface area contributed by atoms with E-state index in [9.17, 15) is 0 Å². The van der Waals surface area contributed by atoms with Gasteiger partial charge in [0.05, 0.1) is 5.38 Å². The van der Waals surface area contributed by atoms with Crippen molar-refractivity contribution >= 4 is 24.2 Å². The zero-order valence-corrected chi connectivity index (χ0v) is 6.70. The van der Waals surface area contributed by atoms with E-state index in [-0.39, 0.29) is 5.38 Å². The molecule has 50 valence electrons. The third-order valence-corrected chi connectivity index (χ3v) is 2.02. The molecule has 0 aromatic rings. The fourth-order valence-corrected chi connectivity index (χ4v) is 1.33. The molecule has 1 rings (SSSR count). The predicted molar refractivity (Wildman–Crippen MR) is 45.3 cm³/mol. The van der Waals surface area contributed by atoms with Gasteiger partial charge in [0, 0.05) is 5.75 Å².